The molecule has 0 radical (unpaired) electrons. The van der Waals surface area contributed by atoms with Crippen LogP contribution in [0.3, 0.4) is 0 Å². The zero-order chi connectivity index (χ0) is 42.8. The summed E-state index contributed by atoms with van der Waals surface area (Å²) in [7, 11) is 0. The van der Waals surface area contributed by atoms with Gasteiger partial charge in [-0.2, -0.15) is 0 Å². The fourth-order valence-corrected chi connectivity index (χ4v) is 9.35. The zero-order valence-corrected chi connectivity index (χ0v) is 37.1. The van der Waals surface area contributed by atoms with Crippen LogP contribution in [-0.4, -0.2) is 39.3 Å². The third-order valence-electron chi connectivity index (χ3n) is 13.0. The number of carbonyl (C=O) groups is 2. The fourth-order valence-electron chi connectivity index (χ4n) is 9.35. The van der Waals surface area contributed by atoms with Crippen molar-refractivity contribution < 1.29 is 24.5 Å². The van der Waals surface area contributed by atoms with E-state index in [1.165, 1.54) is 77.0 Å². The normalized spacial score (nSPS) is 21.0. The zero-order valence-electron chi connectivity index (χ0n) is 37.1. The molecule has 0 amide bonds. The number of aliphatic carboxylic acids is 1. The number of hydrogen-bond acceptors (Lipinski definition) is 8. The van der Waals surface area contributed by atoms with Crippen molar-refractivity contribution in [3.05, 3.63) is 104 Å². The molecule has 9 nitrogen and oxygen atoms in total. The van der Waals surface area contributed by atoms with Gasteiger partial charge in [-0.25, -0.2) is 15.0 Å². The van der Waals surface area contributed by atoms with Crippen molar-refractivity contribution >= 4 is 29.1 Å². The molecule has 6 aliphatic rings. The van der Waals surface area contributed by atoms with Crippen LogP contribution in [0.2, 0.25) is 0 Å². The molecule has 322 valence electrons. The number of aliphatic hydroxyl groups excluding tert-OH is 1. The third-order valence-corrected chi connectivity index (χ3v) is 13.0. The Bertz CT molecular complexity index is 2090. The van der Waals surface area contributed by atoms with Gasteiger partial charge in [0.25, 0.3) is 0 Å². The highest BCUT2D eigenvalue weighted by molar-refractivity contribution is 6.21. The molecule has 1 saturated heterocycles. The third kappa shape index (κ3) is 10.6. The van der Waals surface area contributed by atoms with Crippen LogP contribution in [0.4, 0.5) is 0 Å². The second kappa shape index (κ2) is 21.1. The second-order valence-corrected chi connectivity index (χ2v) is 17.4. The smallest absolute Gasteiger partial charge is 0.311 e. The maximum Gasteiger partial charge on any atom is 0.311 e. The number of nitrogens with one attached hydrogen (secondary N) is 1. The SMILES string of the molecule is CCCCCC/C=C/CCCCCCCCCCCC(=O)OC1=C(C)C2=NC1=CC1=NC(=CC3=C(C)C4=C(O)CC(=C5NC(=C2)[C@@H](C)[C@@H]5CCC(=O)O)C4=N3)C(CC)=C1C. The highest BCUT2D eigenvalue weighted by Crippen LogP contribution is 2.46. The molecule has 1 fully saturated rings. The molecule has 0 aromatic rings. The first-order valence-electron chi connectivity index (χ1n) is 23.1. The fraction of sp³-hybridized carbons (Fsp3) is 0.549. The molecule has 5 aliphatic heterocycles. The molecule has 0 unspecified atom stereocenters. The van der Waals surface area contributed by atoms with Crippen LogP contribution in [-0.2, 0) is 14.3 Å². The van der Waals surface area contributed by atoms with Gasteiger partial charge in [-0.05, 0) is 101 Å². The Labute approximate surface area is 358 Å². The molecular weight excluding hydrogens is 749 g/mol. The van der Waals surface area contributed by atoms with E-state index in [1.807, 2.05) is 32.1 Å². The van der Waals surface area contributed by atoms with Gasteiger partial charge in [0.05, 0.1) is 28.5 Å². The van der Waals surface area contributed by atoms with E-state index in [9.17, 15) is 19.8 Å². The lowest BCUT2D eigenvalue weighted by Gasteiger charge is -2.17. The van der Waals surface area contributed by atoms with Crippen molar-refractivity contribution in [2.45, 2.75) is 170 Å². The Balaban J connectivity index is 1.13. The number of unbranched alkanes of at least 4 members (excludes halogenated alkanes) is 13. The van der Waals surface area contributed by atoms with Crippen molar-refractivity contribution in [1.29, 1.82) is 0 Å². The maximum absolute atomic E-state index is 13.4. The van der Waals surface area contributed by atoms with E-state index in [0.717, 1.165) is 93.3 Å². The summed E-state index contributed by atoms with van der Waals surface area (Å²) in [6.45, 7) is 12.5. The molecule has 0 saturated carbocycles. The number of allylic oxidation sites excluding steroid dienone is 13. The quantitative estimate of drug-likeness (QED) is 0.0566. The van der Waals surface area contributed by atoms with Crippen molar-refractivity contribution in [3.63, 3.8) is 0 Å². The molecule has 1 aliphatic carbocycles. The number of carboxylic acids is 1. The van der Waals surface area contributed by atoms with Crippen LogP contribution < -0.4 is 5.32 Å². The number of carboxylic acid groups (broad SMARTS) is 1. The summed E-state index contributed by atoms with van der Waals surface area (Å²) in [5.41, 5.74) is 11.5. The van der Waals surface area contributed by atoms with Gasteiger partial charge in [0.1, 0.15) is 11.5 Å². The minimum Gasteiger partial charge on any atom is -0.511 e. The molecule has 9 heteroatoms. The number of fused-ring (bicyclic) bond motifs is 5. The molecular formula is C51H68N4O5. The van der Waals surface area contributed by atoms with Crippen molar-refractivity contribution in [2.75, 3.05) is 0 Å². The highest BCUT2D eigenvalue weighted by Gasteiger charge is 2.41. The van der Waals surface area contributed by atoms with Crippen LogP contribution in [0.1, 0.15) is 170 Å². The van der Waals surface area contributed by atoms with Crippen LogP contribution in [0.25, 0.3) is 0 Å². The molecule has 0 spiro atoms. The van der Waals surface area contributed by atoms with E-state index in [2.05, 4.69) is 45.2 Å². The first-order valence-corrected chi connectivity index (χ1v) is 23.1. The van der Waals surface area contributed by atoms with Crippen LogP contribution in [0.5, 0.6) is 0 Å². The number of esters is 1. The first kappa shape index (κ1) is 44.8. The molecule has 0 aromatic heterocycles. The van der Waals surface area contributed by atoms with E-state index in [4.69, 9.17) is 19.7 Å². The van der Waals surface area contributed by atoms with Gasteiger partial charge >= 0.3 is 11.9 Å². The van der Waals surface area contributed by atoms with Crippen molar-refractivity contribution in [1.82, 2.24) is 5.32 Å². The van der Waals surface area contributed by atoms with Gasteiger partial charge in [-0.1, -0.05) is 97.1 Å². The number of aliphatic hydroxyl groups is 1. The second-order valence-electron chi connectivity index (χ2n) is 17.4. The number of ether oxygens (including phenoxy) is 1. The number of carbonyl (C=O) groups excluding carboxylic acids is 1. The number of rotatable bonds is 22. The average molecular weight is 817 g/mol. The molecule has 8 bridgehead atoms. The van der Waals surface area contributed by atoms with Crippen LogP contribution in [0, 0.1) is 11.8 Å². The summed E-state index contributed by atoms with van der Waals surface area (Å²) in [6, 6.07) is 0. The summed E-state index contributed by atoms with van der Waals surface area (Å²) in [6.07, 6.45) is 30.9. The van der Waals surface area contributed by atoms with E-state index in [-0.39, 0.29) is 30.0 Å². The number of aliphatic imine (C=N–C) groups is 3. The van der Waals surface area contributed by atoms with E-state index in [0.29, 0.717) is 36.4 Å². The standard InChI is InChI=1S/C51H68N4O5/c1-7-9-10-11-12-13-14-15-16-17-18-19-20-21-22-23-24-25-47(59)60-51-35(6)42-29-40-33(4)37(26-27-46(57)58)49(54-40)38-28-45(56)48-34(5)41(55-50(38)48)30-43-36(8-2)32(3)39(52-43)31-44(51)53-42/h13-14,29-31,33,37,54,56H,7-12,15-28H2,1-6H3,(H,57,58)/b14-13+,40-29?,43-30?,44-31?,49-38?/t33-,37-/m0/s1. The molecule has 5 heterocycles. The van der Waals surface area contributed by atoms with Gasteiger partial charge in [0, 0.05) is 59.2 Å². The van der Waals surface area contributed by atoms with E-state index in [1.54, 1.807) is 0 Å². The number of hydrogen-bond donors (Lipinski definition) is 3. The predicted octanol–water partition coefficient (Wildman–Crippen LogP) is 12.8. The lowest BCUT2D eigenvalue weighted by atomic mass is 9.86. The Morgan fingerprint density at radius 1 is 0.783 bits per heavy atom. The van der Waals surface area contributed by atoms with Crippen LogP contribution in [0.15, 0.2) is 119 Å². The minimum atomic E-state index is -0.848. The van der Waals surface area contributed by atoms with E-state index >= 15 is 0 Å². The van der Waals surface area contributed by atoms with E-state index < -0.39 is 5.97 Å². The lowest BCUT2D eigenvalue weighted by Crippen LogP contribution is -2.15. The molecule has 3 N–H and O–H groups in total. The van der Waals surface area contributed by atoms with Gasteiger partial charge in [0.2, 0.25) is 0 Å². The molecule has 2 atom stereocenters. The Morgan fingerprint density at radius 2 is 1.42 bits per heavy atom. The minimum absolute atomic E-state index is 0.0180. The Morgan fingerprint density at radius 3 is 2.08 bits per heavy atom. The summed E-state index contributed by atoms with van der Waals surface area (Å²) < 4.78 is 6.19. The molecule has 6 rings (SSSR count). The predicted molar refractivity (Wildman–Crippen MR) is 244 cm³/mol. The summed E-state index contributed by atoms with van der Waals surface area (Å²) in [5, 5.41) is 24.6. The highest BCUT2D eigenvalue weighted by atomic mass is 16.5. The van der Waals surface area contributed by atoms with Gasteiger partial charge in [-0.15, -0.1) is 0 Å². The Hall–Kier alpha value is -4.79. The average Bonchev–Trinajstić information content (AvgIpc) is 3.97. The summed E-state index contributed by atoms with van der Waals surface area (Å²) >= 11 is 0. The summed E-state index contributed by atoms with van der Waals surface area (Å²) in [4.78, 5) is 40.5. The Kier molecular flexibility index (Phi) is 15.8. The summed E-state index contributed by atoms with van der Waals surface area (Å²) in [5.74, 6) is -0.569. The first-order chi connectivity index (χ1) is 29.0. The molecule has 0 aromatic carbocycles. The van der Waals surface area contributed by atoms with Gasteiger partial charge in [-0.3, -0.25) is 9.59 Å². The van der Waals surface area contributed by atoms with Gasteiger partial charge in [0.15, 0.2) is 5.76 Å². The lowest BCUT2D eigenvalue weighted by molar-refractivity contribution is -0.139. The van der Waals surface area contributed by atoms with Crippen LogP contribution >= 0.6 is 0 Å². The number of nitrogens with zero attached hydrogens (tertiary/aromatic N) is 3. The molecule has 60 heavy (non-hydrogen) atoms. The topological polar surface area (TPSA) is 133 Å². The van der Waals surface area contributed by atoms with Crippen molar-refractivity contribution in [2.24, 2.45) is 26.8 Å². The monoisotopic (exact) mass is 817 g/mol. The maximum atomic E-state index is 13.4. The van der Waals surface area contributed by atoms with Gasteiger partial charge < -0.3 is 20.3 Å². The largest absolute Gasteiger partial charge is 0.511 e. The van der Waals surface area contributed by atoms with Crippen molar-refractivity contribution in [3.8, 4) is 0 Å².